The maximum absolute atomic E-state index is 12.1. The normalized spacial score (nSPS) is 9.89. The summed E-state index contributed by atoms with van der Waals surface area (Å²) in [5.74, 6) is 6.02. The summed E-state index contributed by atoms with van der Waals surface area (Å²) in [7, 11) is 0. The molecule has 0 unspecified atom stereocenters. The molecule has 2 aromatic carbocycles. The fraction of sp³-hybridized carbons (Fsp3) is 0.136. The van der Waals surface area contributed by atoms with Crippen molar-refractivity contribution in [1.82, 2.24) is 10.3 Å². The molecule has 0 radical (unpaired) electrons. The van der Waals surface area contributed by atoms with Gasteiger partial charge in [0.25, 0.3) is 5.91 Å². The number of carbonyl (C=O) groups is 2. The Balaban J connectivity index is 1.44. The molecule has 6 nitrogen and oxygen atoms in total. The molecule has 28 heavy (non-hydrogen) atoms. The number of nitrogens with zero attached hydrogens (tertiary/aromatic N) is 1. The van der Waals surface area contributed by atoms with Crippen LogP contribution in [0.4, 0.5) is 5.69 Å². The van der Waals surface area contributed by atoms with Gasteiger partial charge in [0, 0.05) is 35.8 Å². The van der Waals surface area contributed by atoms with E-state index in [1.54, 1.807) is 30.5 Å². The number of benzene rings is 2. The number of fused-ring (bicyclic) bond motifs is 1. The van der Waals surface area contributed by atoms with Crippen molar-refractivity contribution in [3.05, 3.63) is 66.4 Å². The molecule has 1 heterocycles. The van der Waals surface area contributed by atoms with E-state index in [4.69, 9.17) is 4.74 Å². The minimum Gasteiger partial charge on any atom is -0.481 e. The van der Waals surface area contributed by atoms with Crippen LogP contribution < -0.4 is 15.4 Å². The number of aromatic nitrogens is 1. The van der Waals surface area contributed by atoms with E-state index in [1.165, 1.54) is 6.92 Å². The van der Waals surface area contributed by atoms with Gasteiger partial charge in [-0.15, -0.1) is 0 Å². The van der Waals surface area contributed by atoms with Gasteiger partial charge < -0.3 is 15.4 Å². The highest BCUT2D eigenvalue weighted by molar-refractivity contribution is 5.95. The molecule has 6 heteroatoms. The number of amides is 2. The molecule has 1 aromatic heterocycles. The molecule has 2 N–H and O–H groups in total. The van der Waals surface area contributed by atoms with Gasteiger partial charge in [0.15, 0.2) is 0 Å². The largest absolute Gasteiger partial charge is 0.481 e. The van der Waals surface area contributed by atoms with Crippen LogP contribution in [0.1, 0.15) is 17.3 Å². The van der Waals surface area contributed by atoms with Gasteiger partial charge >= 0.3 is 0 Å². The Morgan fingerprint density at radius 3 is 2.68 bits per heavy atom. The molecule has 0 saturated heterocycles. The summed E-state index contributed by atoms with van der Waals surface area (Å²) in [5, 5.41) is 6.42. The van der Waals surface area contributed by atoms with Crippen molar-refractivity contribution in [2.45, 2.75) is 6.92 Å². The quantitative estimate of drug-likeness (QED) is 0.674. The highest BCUT2D eigenvalue weighted by Gasteiger charge is 2.04. The fourth-order valence-electron chi connectivity index (χ4n) is 2.50. The van der Waals surface area contributed by atoms with Gasteiger partial charge in [0.05, 0.1) is 12.1 Å². The van der Waals surface area contributed by atoms with Gasteiger partial charge in [0.1, 0.15) is 12.4 Å². The van der Waals surface area contributed by atoms with Gasteiger partial charge in [-0.1, -0.05) is 17.9 Å². The Morgan fingerprint density at radius 1 is 1.07 bits per heavy atom. The van der Waals surface area contributed by atoms with Crippen molar-refractivity contribution in [3.63, 3.8) is 0 Å². The number of rotatable bonds is 5. The van der Waals surface area contributed by atoms with Crippen molar-refractivity contribution in [2.75, 3.05) is 18.5 Å². The zero-order valence-corrected chi connectivity index (χ0v) is 15.4. The highest BCUT2D eigenvalue weighted by Crippen LogP contribution is 2.18. The van der Waals surface area contributed by atoms with Crippen molar-refractivity contribution >= 4 is 28.4 Å². The number of carbonyl (C=O) groups excluding carboxylic acids is 2. The van der Waals surface area contributed by atoms with Gasteiger partial charge in [-0.25, -0.2) is 0 Å². The average molecular weight is 373 g/mol. The topological polar surface area (TPSA) is 80.3 Å². The Morgan fingerprint density at radius 2 is 1.89 bits per heavy atom. The van der Waals surface area contributed by atoms with Gasteiger partial charge in [-0.2, -0.15) is 0 Å². The summed E-state index contributed by atoms with van der Waals surface area (Å²) >= 11 is 0. The summed E-state index contributed by atoms with van der Waals surface area (Å²) in [5.41, 5.74) is 2.01. The summed E-state index contributed by atoms with van der Waals surface area (Å²) in [6.07, 6.45) is 1.74. The molecular formula is C22H19N3O3. The minimum atomic E-state index is -0.231. The first kappa shape index (κ1) is 18.9. The molecule has 0 spiro atoms. The summed E-state index contributed by atoms with van der Waals surface area (Å²) in [4.78, 5) is 27.3. The smallest absolute Gasteiger partial charge is 0.252 e. The second-order valence-corrected chi connectivity index (χ2v) is 5.94. The van der Waals surface area contributed by atoms with E-state index in [0.29, 0.717) is 17.0 Å². The van der Waals surface area contributed by atoms with Crippen LogP contribution in [0.25, 0.3) is 10.9 Å². The lowest BCUT2D eigenvalue weighted by Gasteiger charge is -2.04. The van der Waals surface area contributed by atoms with Crippen LogP contribution in [0.3, 0.4) is 0 Å². The van der Waals surface area contributed by atoms with Crippen molar-refractivity contribution in [3.8, 4) is 17.6 Å². The average Bonchev–Trinajstić information content (AvgIpc) is 2.70. The molecule has 0 bridgehead atoms. The molecule has 0 atom stereocenters. The summed E-state index contributed by atoms with van der Waals surface area (Å²) in [6, 6.07) is 16.2. The van der Waals surface area contributed by atoms with E-state index in [2.05, 4.69) is 27.5 Å². The van der Waals surface area contributed by atoms with E-state index in [0.717, 1.165) is 10.9 Å². The molecule has 0 fully saturated rings. The van der Waals surface area contributed by atoms with Crippen LogP contribution in [0.2, 0.25) is 0 Å². The van der Waals surface area contributed by atoms with E-state index in [9.17, 15) is 9.59 Å². The molecular weight excluding hydrogens is 354 g/mol. The minimum absolute atomic E-state index is 0.158. The molecule has 0 saturated carbocycles. The fourth-order valence-corrected chi connectivity index (χ4v) is 2.50. The molecule has 0 aliphatic rings. The number of pyridine rings is 1. The lowest BCUT2D eigenvalue weighted by Crippen LogP contribution is -2.23. The first-order valence-corrected chi connectivity index (χ1v) is 8.71. The zero-order valence-electron chi connectivity index (χ0n) is 15.4. The summed E-state index contributed by atoms with van der Waals surface area (Å²) in [6.45, 7) is 1.87. The van der Waals surface area contributed by atoms with Crippen LogP contribution in [0.15, 0.2) is 60.8 Å². The van der Waals surface area contributed by atoms with Crippen molar-refractivity contribution in [1.29, 1.82) is 0 Å². The number of hydrogen-bond acceptors (Lipinski definition) is 4. The van der Waals surface area contributed by atoms with Crippen molar-refractivity contribution in [2.24, 2.45) is 0 Å². The van der Waals surface area contributed by atoms with Gasteiger partial charge in [-0.3, -0.25) is 14.6 Å². The number of anilines is 1. The number of nitrogens with one attached hydrogen (secondary N) is 2. The van der Waals surface area contributed by atoms with E-state index in [-0.39, 0.29) is 25.0 Å². The van der Waals surface area contributed by atoms with Crippen LogP contribution >= 0.6 is 0 Å². The number of hydrogen-bond donors (Lipinski definition) is 2. The molecule has 0 aliphatic heterocycles. The first-order valence-electron chi connectivity index (χ1n) is 8.71. The predicted molar refractivity (Wildman–Crippen MR) is 108 cm³/mol. The third kappa shape index (κ3) is 5.32. The maximum atomic E-state index is 12.1. The second-order valence-electron chi connectivity index (χ2n) is 5.94. The Kier molecular flexibility index (Phi) is 6.21. The van der Waals surface area contributed by atoms with Crippen LogP contribution in [0, 0.1) is 11.8 Å². The zero-order chi connectivity index (χ0) is 19.8. The Hall–Kier alpha value is -3.85. The predicted octanol–water partition coefficient (Wildman–Crippen LogP) is 3.01. The summed E-state index contributed by atoms with van der Waals surface area (Å²) < 4.78 is 5.59. The molecule has 2 amide bonds. The molecule has 140 valence electrons. The van der Waals surface area contributed by atoms with Gasteiger partial charge in [-0.05, 0) is 42.5 Å². The SMILES string of the molecule is CC(=O)Nc1ccc(C(=O)NCC#CCOc2ccc3cccnc3c2)cc1. The third-order valence-corrected chi connectivity index (χ3v) is 3.82. The lowest BCUT2D eigenvalue weighted by molar-refractivity contribution is -0.114. The van der Waals surface area contributed by atoms with Crippen molar-refractivity contribution < 1.29 is 14.3 Å². The van der Waals surface area contributed by atoms with Crippen LogP contribution in [-0.2, 0) is 4.79 Å². The molecule has 0 aliphatic carbocycles. The van der Waals surface area contributed by atoms with Gasteiger partial charge in [0.2, 0.25) is 5.91 Å². The van der Waals surface area contributed by atoms with E-state index >= 15 is 0 Å². The highest BCUT2D eigenvalue weighted by atomic mass is 16.5. The third-order valence-electron chi connectivity index (χ3n) is 3.82. The molecule has 3 aromatic rings. The first-order chi connectivity index (χ1) is 13.6. The van der Waals surface area contributed by atoms with E-state index < -0.39 is 0 Å². The maximum Gasteiger partial charge on any atom is 0.252 e. The second kappa shape index (κ2) is 9.19. The van der Waals surface area contributed by atoms with E-state index in [1.807, 2.05) is 30.3 Å². The Labute approximate surface area is 162 Å². The Bertz CT molecular complexity index is 1050. The standard InChI is InChI=1S/C22H19N3O3/c1-16(26)25-19-9-6-18(7-10-19)22(27)24-12-2-3-14-28-20-11-8-17-5-4-13-23-21(17)15-20/h4-11,13,15H,12,14H2,1H3,(H,24,27)(H,25,26). The van der Waals surface area contributed by atoms with Crippen LogP contribution in [0.5, 0.6) is 5.75 Å². The lowest BCUT2D eigenvalue weighted by atomic mass is 10.2. The monoisotopic (exact) mass is 373 g/mol. The molecule has 3 rings (SSSR count). The number of ether oxygens (including phenoxy) is 1. The van der Waals surface area contributed by atoms with Crippen LogP contribution in [-0.4, -0.2) is 29.9 Å².